The van der Waals surface area contributed by atoms with E-state index >= 15 is 0 Å². The van der Waals surface area contributed by atoms with E-state index in [0.717, 1.165) is 0 Å². The molecule has 1 aliphatic rings. The first-order valence-electron chi connectivity index (χ1n) is 9.91. The predicted molar refractivity (Wildman–Crippen MR) is 111 cm³/mol. The number of nitrogens with zero attached hydrogens (tertiary/aromatic N) is 1. The zero-order chi connectivity index (χ0) is 23.1. The van der Waals surface area contributed by atoms with Crippen LogP contribution in [-0.4, -0.2) is 44.2 Å². The number of benzene rings is 2. The number of amides is 2. The van der Waals surface area contributed by atoms with E-state index in [1.54, 1.807) is 24.3 Å². The third-order valence-electron chi connectivity index (χ3n) is 4.64. The lowest BCUT2D eigenvalue weighted by Gasteiger charge is -2.17. The third kappa shape index (κ3) is 5.93. The molecule has 2 amide bonds. The molecule has 0 aromatic heterocycles. The van der Waals surface area contributed by atoms with Gasteiger partial charge in [0.2, 0.25) is 5.91 Å². The van der Waals surface area contributed by atoms with Gasteiger partial charge in [0.05, 0.1) is 18.2 Å². The highest BCUT2D eigenvalue weighted by atomic mass is 19.3. The summed E-state index contributed by atoms with van der Waals surface area (Å²) in [5.41, 5.74) is 0.647. The minimum Gasteiger partial charge on any atom is -0.494 e. The molecule has 0 radical (unpaired) electrons. The van der Waals surface area contributed by atoms with E-state index in [1.165, 1.54) is 29.2 Å². The van der Waals surface area contributed by atoms with Gasteiger partial charge in [0, 0.05) is 18.7 Å². The maximum Gasteiger partial charge on any atom is 0.387 e. The Morgan fingerprint density at radius 1 is 1.16 bits per heavy atom. The first kappa shape index (κ1) is 23.0. The van der Waals surface area contributed by atoms with Crippen molar-refractivity contribution >= 4 is 29.2 Å². The molecule has 1 unspecified atom stereocenters. The van der Waals surface area contributed by atoms with Crippen molar-refractivity contribution in [1.29, 1.82) is 0 Å². The summed E-state index contributed by atoms with van der Waals surface area (Å²) in [6.45, 7) is -1.17. The SMILES string of the molecule is CCOc1ccc(N2CC(C(=O)OCC(=O)Nc3ccccc3OC(F)F)CC2=O)cc1. The second-order valence-electron chi connectivity index (χ2n) is 6.86. The Bertz CT molecular complexity index is 967. The van der Waals surface area contributed by atoms with Crippen LogP contribution in [0.3, 0.4) is 0 Å². The van der Waals surface area contributed by atoms with Gasteiger partial charge in [0.1, 0.15) is 11.5 Å². The lowest BCUT2D eigenvalue weighted by atomic mass is 10.1. The molecule has 32 heavy (non-hydrogen) atoms. The number of anilines is 2. The van der Waals surface area contributed by atoms with Crippen molar-refractivity contribution in [2.45, 2.75) is 20.0 Å². The molecular weight excluding hydrogens is 426 g/mol. The Morgan fingerprint density at radius 3 is 2.56 bits per heavy atom. The quantitative estimate of drug-likeness (QED) is 0.592. The van der Waals surface area contributed by atoms with E-state index < -0.39 is 31.0 Å². The third-order valence-corrected chi connectivity index (χ3v) is 4.64. The van der Waals surface area contributed by atoms with Gasteiger partial charge in [-0.05, 0) is 43.3 Å². The molecule has 0 bridgehead atoms. The molecule has 1 aliphatic heterocycles. The van der Waals surface area contributed by atoms with Crippen molar-refractivity contribution in [2.75, 3.05) is 30.0 Å². The predicted octanol–water partition coefficient (Wildman–Crippen LogP) is 3.22. The van der Waals surface area contributed by atoms with Crippen LogP contribution < -0.4 is 19.7 Å². The molecule has 1 N–H and O–H groups in total. The van der Waals surface area contributed by atoms with Crippen LogP contribution in [0.1, 0.15) is 13.3 Å². The average molecular weight is 448 g/mol. The van der Waals surface area contributed by atoms with E-state index in [2.05, 4.69) is 10.1 Å². The second-order valence-corrected chi connectivity index (χ2v) is 6.86. The van der Waals surface area contributed by atoms with E-state index in [4.69, 9.17) is 9.47 Å². The second kappa shape index (κ2) is 10.6. The number of hydrogen-bond acceptors (Lipinski definition) is 6. The Balaban J connectivity index is 1.52. The lowest BCUT2D eigenvalue weighted by molar-refractivity contribution is -0.151. The van der Waals surface area contributed by atoms with Crippen LogP contribution in [-0.2, 0) is 19.1 Å². The summed E-state index contributed by atoms with van der Waals surface area (Å²) >= 11 is 0. The van der Waals surface area contributed by atoms with Gasteiger partial charge in [0.25, 0.3) is 5.91 Å². The molecule has 3 rings (SSSR count). The smallest absolute Gasteiger partial charge is 0.387 e. The number of ether oxygens (including phenoxy) is 3. The number of hydrogen-bond donors (Lipinski definition) is 1. The molecule has 8 nitrogen and oxygen atoms in total. The number of alkyl halides is 2. The molecule has 2 aromatic rings. The molecule has 170 valence electrons. The Hall–Kier alpha value is -3.69. The van der Waals surface area contributed by atoms with Crippen molar-refractivity contribution in [3.8, 4) is 11.5 Å². The molecule has 0 aliphatic carbocycles. The van der Waals surface area contributed by atoms with Crippen LogP contribution in [0.15, 0.2) is 48.5 Å². The van der Waals surface area contributed by atoms with Crippen LogP contribution in [0, 0.1) is 5.92 Å². The molecule has 10 heteroatoms. The summed E-state index contributed by atoms with van der Waals surface area (Å²) in [4.78, 5) is 38.2. The molecule has 1 heterocycles. The van der Waals surface area contributed by atoms with E-state index in [0.29, 0.717) is 18.0 Å². The number of para-hydroxylation sites is 2. The monoisotopic (exact) mass is 448 g/mol. The Kier molecular flexibility index (Phi) is 7.58. The van der Waals surface area contributed by atoms with E-state index in [-0.39, 0.29) is 30.3 Å². The van der Waals surface area contributed by atoms with E-state index in [9.17, 15) is 23.2 Å². The maximum atomic E-state index is 12.5. The largest absolute Gasteiger partial charge is 0.494 e. The minimum absolute atomic E-state index is 0.0200. The highest BCUT2D eigenvalue weighted by Gasteiger charge is 2.36. The van der Waals surface area contributed by atoms with Crippen LogP contribution in [0.4, 0.5) is 20.2 Å². The zero-order valence-electron chi connectivity index (χ0n) is 17.3. The normalized spacial score (nSPS) is 15.6. The van der Waals surface area contributed by atoms with Crippen LogP contribution in [0.5, 0.6) is 11.5 Å². The highest BCUT2D eigenvalue weighted by molar-refractivity contribution is 6.00. The first-order valence-corrected chi connectivity index (χ1v) is 9.91. The molecule has 1 atom stereocenters. The van der Waals surface area contributed by atoms with Gasteiger partial charge in [-0.3, -0.25) is 14.4 Å². The van der Waals surface area contributed by atoms with Crippen LogP contribution in [0.2, 0.25) is 0 Å². The Labute approximate surface area is 183 Å². The molecule has 0 saturated carbocycles. The van der Waals surface area contributed by atoms with Gasteiger partial charge < -0.3 is 24.4 Å². The summed E-state index contributed by atoms with van der Waals surface area (Å²) < 4.78 is 39.7. The number of carbonyl (C=O) groups is 3. The van der Waals surface area contributed by atoms with Crippen molar-refractivity contribution in [1.82, 2.24) is 0 Å². The molecule has 1 fully saturated rings. The fourth-order valence-electron chi connectivity index (χ4n) is 3.21. The number of halogens is 2. The van der Waals surface area contributed by atoms with Gasteiger partial charge in [-0.1, -0.05) is 12.1 Å². The number of esters is 1. The highest BCUT2D eigenvalue weighted by Crippen LogP contribution is 2.28. The zero-order valence-corrected chi connectivity index (χ0v) is 17.3. The van der Waals surface area contributed by atoms with Gasteiger partial charge >= 0.3 is 12.6 Å². The number of rotatable bonds is 9. The fourth-order valence-corrected chi connectivity index (χ4v) is 3.21. The average Bonchev–Trinajstić information content (AvgIpc) is 3.15. The fraction of sp³-hybridized carbons (Fsp3) is 0.318. The van der Waals surface area contributed by atoms with Gasteiger partial charge in [0.15, 0.2) is 6.61 Å². The lowest BCUT2D eigenvalue weighted by Crippen LogP contribution is -2.28. The number of carbonyl (C=O) groups excluding carboxylic acids is 3. The van der Waals surface area contributed by atoms with Gasteiger partial charge in [-0.15, -0.1) is 0 Å². The summed E-state index contributed by atoms with van der Waals surface area (Å²) in [6, 6.07) is 12.6. The summed E-state index contributed by atoms with van der Waals surface area (Å²) in [5, 5.41) is 2.36. The summed E-state index contributed by atoms with van der Waals surface area (Å²) in [6.07, 6.45) is -0.0429. The van der Waals surface area contributed by atoms with E-state index in [1.807, 2.05) is 6.92 Å². The molecule has 0 spiro atoms. The van der Waals surface area contributed by atoms with Crippen molar-refractivity contribution in [2.24, 2.45) is 5.92 Å². The van der Waals surface area contributed by atoms with Crippen LogP contribution in [0.25, 0.3) is 0 Å². The molecular formula is C22H22F2N2O6. The van der Waals surface area contributed by atoms with Crippen molar-refractivity contribution in [3.05, 3.63) is 48.5 Å². The minimum atomic E-state index is -3.05. The maximum absolute atomic E-state index is 12.5. The summed E-state index contributed by atoms with van der Waals surface area (Å²) in [7, 11) is 0. The summed E-state index contributed by atoms with van der Waals surface area (Å²) in [5.74, 6) is -1.93. The molecule has 1 saturated heterocycles. The topological polar surface area (TPSA) is 94.2 Å². The first-order chi connectivity index (χ1) is 15.4. The van der Waals surface area contributed by atoms with Gasteiger partial charge in [-0.25, -0.2) is 0 Å². The standard InChI is InChI=1S/C22H22F2N2O6/c1-2-30-16-9-7-15(8-10-16)26-12-14(11-20(26)28)21(29)31-13-19(27)25-17-5-3-4-6-18(17)32-22(23)24/h3-10,14,22H,2,11-13H2,1H3,(H,25,27). The molecule has 2 aromatic carbocycles. The Morgan fingerprint density at radius 2 is 1.88 bits per heavy atom. The number of nitrogens with one attached hydrogen (secondary N) is 1. The van der Waals surface area contributed by atoms with Crippen molar-refractivity contribution in [3.63, 3.8) is 0 Å². The van der Waals surface area contributed by atoms with Crippen LogP contribution >= 0.6 is 0 Å². The van der Waals surface area contributed by atoms with Crippen molar-refractivity contribution < 1.29 is 37.4 Å². The van der Waals surface area contributed by atoms with Gasteiger partial charge in [-0.2, -0.15) is 8.78 Å².